The Morgan fingerprint density at radius 3 is 2.63 bits per heavy atom. The van der Waals surface area contributed by atoms with Crippen molar-refractivity contribution in [1.29, 1.82) is 0 Å². The SMILES string of the molecule is O=C(CC1COCCN1)Nc1c(F)cc(F)cc1F. The molecule has 19 heavy (non-hydrogen) atoms. The van der Waals surface area contributed by atoms with Gasteiger partial charge in [-0.2, -0.15) is 0 Å². The maximum absolute atomic E-state index is 13.3. The maximum Gasteiger partial charge on any atom is 0.226 e. The van der Waals surface area contributed by atoms with Gasteiger partial charge in [-0.15, -0.1) is 0 Å². The van der Waals surface area contributed by atoms with Gasteiger partial charge in [-0.3, -0.25) is 4.79 Å². The van der Waals surface area contributed by atoms with Crippen LogP contribution >= 0.6 is 0 Å². The van der Waals surface area contributed by atoms with Crippen molar-refractivity contribution >= 4 is 11.6 Å². The lowest BCUT2D eigenvalue weighted by atomic mass is 10.2. The zero-order chi connectivity index (χ0) is 13.8. The number of benzene rings is 1. The summed E-state index contributed by atoms with van der Waals surface area (Å²) < 4.78 is 44.5. The number of anilines is 1. The average molecular weight is 274 g/mol. The Balaban J connectivity index is 1.98. The molecule has 7 heteroatoms. The van der Waals surface area contributed by atoms with Crippen LogP contribution in [0, 0.1) is 17.5 Å². The number of ether oxygens (including phenoxy) is 1. The van der Waals surface area contributed by atoms with Gasteiger partial charge in [0.25, 0.3) is 0 Å². The summed E-state index contributed by atoms with van der Waals surface area (Å²) in [5.41, 5.74) is -0.636. The molecule has 2 rings (SSSR count). The van der Waals surface area contributed by atoms with Crippen molar-refractivity contribution in [3.05, 3.63) is 29.6 Å². The maximum atomic E-state index is 13.3. The molecule has 0 spiro atoms. The Labute approximate surface area is 107 Å². The number of hydrogen-bond donors (Lipinski definition) is 2. The van der Waals surface area contributed by atoms with Crippen LogP contribution in [0.4, 0.5) is 18.9 Å². The van der Waals surface area contributed by atoms with Crippen molar-refractivity contribution < 1.29 is 22.7 Å². The summed E-state index contributed by atoms with van der Waals surface area (Å²) in [5.74, 6) is -3.87. The molecule has 1 aromatic carbocycles. The van der Waals surface area contributed by atoms with Crippen LogP contribution in [0.15, 0.2) is 12.1 Å². The second-order valence-electron chi connectivity index (χ2n) is 4.22. The first-order chi connectivity index (χ1) is 9.06. The summed E-state index contributed by atoms with van der Waals surface area (Å²) in [4.78, 5) is 11.6. The number of hydrogen-bond acceptors (Lipinski definition) is 3. The number of amides is 1. The zero-order valence-corrected chi connectivity index (χ0v) is 10.0. The lowest BCUT2D eigenvalue weighted by molar-refractivity contribution is -0.117. The fourth-order valence-electron chi connectivity index (χ4n) is 1.83. The van der Waals surface area contributed by atoms with E-state index < -0.39 is 29.0 Å². The fraction of sp³-hybridized carbons (Fsp3) is 0.417. The molecule has 1 saturated heterocycles. The van der Waals surface area contributed by atoms with Crippen molar-refractivity contribution in [2.75, 3.05) is 25.1 Å². The summed E-state index contributed by atoms with van der Waals surface area (Å²) in [6.45, 7) is 1.55. The van der Waals surface area contributed by atoms with Gasteiger partial charge in [-0.1, -0.05) is 0 Å². The Bertz CT molecular complexity index is 453. The van der Waals surface area contributed by atoms with Crippen molar-refractivity contribution in [2.24, 2.45) is 0 Å². The lowest BCUT2D eigenvalue weighted by Crippen LogP contribution is -2.43. The third-order valence-corrected chi connectivity index (χ3v) is 2.70. The van der Waals surface area contributed by atoms with Crippen molar-refractivity contribution in [1.82, 2.24) is 5.32 Å². The van der Waals surface area contributed by atoms with Gasteiger partial charge in [0.2, 0.25) is 5.91 Å². The molecule has 2 N–H and O–H groups in total. The molecular weight excluding hydrogens is 261 g/mol. The summed E-state index contributed by atoms with van der Waals surface area (Å²) in [7, 11) is 0. The molecule has 0 radical (unpaired) electrons. The largest absolute Gasteiger partial charge is 0.378 e. The summed E-state index contributed by atoms with van der Waals surface area (Å²) in [5, 5.41) is 5.14. The number of halogens is 3. The van der Waals surface area contributed by atoms with E-state index in [1.54, 1.807) is 0 Å². The highest BCUT2D eigenvalue weighted by Crippen LogP contribution is 2.20. The molecule has 1 heterocycles. The minimum atomic E-state index is -1.14. The summed E-state index contributed by atoms with van der Waals surface area (Å²) in [6.07, 6.45) is 0.0241. The van der Waals surface area contributed by atoms with E-state index in [9.17, 15) is 18.0 Å². The van der Waals surface area contributed by atoms with Gasteiger partial charge in [0.05, 0.1) is 13.2 Å². The van der Waals surface area contributed by atoms with E-state index in [0.29, 0.717) is 31.9 Å². The van der Waals surface area contributed by atoms with E-state index in [1.165, 1.54) is 0 Å². The third-order valence-electron chi connectivity index (χ3n) is 2.70. The molecule has 1 aliphatic heterocycles. The predicted octanol–water partition coefficient (Wildman–Crippen LogP) is 1.42. The molecule has 0 saturated carbocycles. The molecule has 0 bridgehead atoms. The van der Waals surface area contributed by atoms with Gasteiger partial charge < -0.3 is 15.4 Å². The van der Waals surface area contributed by atoms with Gasteiger partial charge in [0.1, 0.15) is 11.5 Å². The van der Waals surface area contributed by atoms with E-state index in [4.69, 9.17) is 4.74 Å². The van der Waals surface area contributed by atoms with Gasteiger partial charge >= 0.3 is 0 Å². The van der Waals surface area contributed by atoms with E-state index in [1.807, 2.05) is 0 Å². The van der Waals surface area contributed by atoms with E-state index in [0.717, 1.165) is 0 Å². The van der Waals surface area contributed by atoms with Crippen molar-refractivity contribution in [3.8, 4) is 0 Å². The molecule has 1 amide bonds. The average Bonchev–Trinajstić information content (AvgIpc) is 2.35. The van der Waals surface area contributed by atoms with Crippen LogP contribution in [0.2, 0.25) is 0 Å². The van der Waals surface area contributed by atoms with Crippen molar-refractivity contribution in [3.63, 3.8) is 0 Å². The second kappa shape index (κ2) is 6.03. The molecule has 1 fully saturated rings. The molecule has 104 valence electrons. The van der Waals surface area contributed by atoms with E-state index in [2.05, 4.69) is 10.6 Å². The molecule has 0 aliphatic carbocycles. The first-order valence-corrected chi connectivity index (χ1v) is 5.82. The van der Waals surface area contributed by atoms with E-state index in [-0.39, 0.29) is 12.5 Å². The van der Waals surface area contributed by atoms with Gasteiger partial charge in [0.15, 0.2) is 11.6 Å². The monoisotopic (exact) mass is 274 g/mol. The van der Waals surface area contributed by atoms with Crippen LogP contribution in [0.25, 0.3) is 0 Å². The molecule has 4 nitrogen and oxygen atoms in total. The number of morpholine rings is 1. The fourth-order valence-corrected chi connectivity index (χ4v) is 1.83. The molecule has 1 atom stereocenters. The number of rotatable bonds is 3. The van der Waals surface area contributed by atoms with Crippen LogP contribution in [-0.4, -0.2) is 31.7 Å². The Kier molecular flexibility index (Phi) is 4.39. The third kappa shape index (κ3) is 3.68. The van der Waals surface area contributed by atoms with Crippen LogP contribution in [0.3, 0.4) is 0 Å². The first kappa shape index (κ1) is 13.8. The lowest BCUT2D eigenvalue weighted by Gasteiger charge is -2.23. The summed E-state index contributed by atoms with van der Waals surface area (Å²) in [6, 6.07) is 0.835. The normalized spacial score (nSPS) is 19.2. The predicted molar refractivity (Wildman–Crippen MR) is 62.2 cm³/mol. The standard InChI is InChI=1S/C12H13F3N2O2/c13-7-3-9(14)12(10(15)4-7)17-11(18)5-8-6-19-2-1-16-8/h3-4,8,16H,1-2,5-6H2,(H,17,18). The number of carbonyl (C=O) groups excluding carboxylic acids is 1. The molecule has 1 aliphatic rings. The van der Waals surface area contributed by atoms with Crippen LogP contribution in [-0.2, 0) is 9.53 Å². The van der Waals surface area contributed by atoms with Crippen LogP contribution in [0.1, 0.15) is 6.42 Å². The second-order valence-corrected chi connectivity index (χ2v) is 4.22. The van der Waals surface area contributed by atoms with Crippen LogP contribution in [0.5, 0.6) is 0 Å². The first-order valence-electron chi connectivity index (χ1n) is 5.82. The quantitative estimate of drug-likeness (QED) is 0.876. The Morgan fingerprint density at radius 2 is 2.05 bits per heavy atom. The van der Waals surface area contributed by atoms with Crippen LogP contribution < -0.4 is 10.6 Å². The van der Waals surface area contributed by atoms with Gasteiger partial charge in [-0.05, 0) is 0 Å². The molecular formula is C12H13F3N2O2. The highest BCUT2D eigenvalue weighted by molar-refractivity contribution is 5.91. The minimum absolute atomic E-state index is 0.0241. The molecule has 0 aromatic heterocycles. The Hall–Kier alpha value is -1.60. The van der Waals surface area contributed by atoms with Gasteiger partial charge in [0, 0.05) is 31.1 Å². The van der Waals surface area contributed by atoms with Gasteiger partial charge in [-0.25, -0.2) is 13.2 Å². The molecule has 1 aromatic rings. The van der Waals surface area contributed by atoms with Crippen molar-refractivity contribution in [2.45, 2.75) is 12.5 Å². The zero-order valence-electron chi connectivity index (χ0n) is 10.0. The highest BCUT2D eigenvalue weighted by atomic mass is 19.1. The smallest absolute Gasteiger partial charge is 0.226 e. The summed E-state index contributed by atoms with van der Waals surface area (Å²) >= 11 is 0. The Morgan fingerprint density at radius 1 is 1.37 bits per heavy atom. The van der Waals surface area contributed by atoms with E-state index >= 15 is 0 Å². The number of carbonyl (C=O) groups is 1. The topological polar surface area (TPSA) is 50.4 Å². The minimum Gasteiger partial charge on any atom is -0.378 e. The highest BCUT2D eigenvalue weighted by Gasteiger charge is 2.19. The molecule has 1 unspecified atom stereocenters. The number of nitrogens with one attached hydrogen (secondary N) is 2.